The molecule has 0 saturated carbocycles. The van der Waals surface area contributed by atoms with Crippen LogP contribution in [0.1, 0.15) is 53.4 Å². The van der Waals surface area contributed by atoms with Crippen molar-refractivity contribution in [3.05, 3.63) is 12.2 Å². The zero-order valence-corrected chi connectivity index (χ0v) is 9.14. The largest absolute Gasteiger partial charge is 0.0917 e. The molecule has 0 fully saturated rings. The van der Waals surface area contributed by atoms with Crippen LogP contribution < -0.4 is 0 Å². The predicted molar refractivity (Wildman–Crippen MR) is 57.3 cm³/mol. The van der Waals surface area contributed by atoms with Crippen molar-refractivity contribution in [2.45, 2.75) is 53.4 Å². The van der Waals surface area contributed by atoms with Gasteiger partial charge in [0.15, 0.2) is 0 Å². The van der Waals surface area contributed by atoms with Crippen LogP contribution in [0.5, 0.6) is 0 Å². The van der Waals surface area contributed by atoms with Gasteiger partial charge in [-0.1, -0.05) is 52.2 Å². The van der Waals surface area contributed by atoms with Crippen LogP contribution in [-0.4, -0.2) is 0 Å². The minimum atomic E-state index is 0.871. The van der Waals surface area contributed by atoms with E-state index < -0.39 is 0 Å². The minimum Gasteiger partial charge on any atom is -0.0917 e. The molecule has 0 heterocycles. The summed E-state index contributed by atoms with van der Waals surface area (Å²) in [5, 5.41) is 0. The molecule has 12 heavy (non-hydrogen) atoms. The van der Waals surface area contributed by atoms with Crippen molar-refractivity contribution in [3.63, 3.8) is 0 Å². The first-order valence-corrected chi connectivity index (χ1v) is 5.31. The highest BCUT2D eigenvalue weighted by Crippen LogP contribution is 2.17. The van der Waals surface area contributed by atoms with Crippen LogP contribution in [0, 0.1) is 11.8 Å². The van der Waals surface area contributed by atoms with E-state index in [0.717, 1.165) is 11.8 Å². The quantitative estimate of drug-likeness (QED) is 0.515. The molecule has 0 aliphatic rings. The lowest BCUT2D eigenvalue weighted by Gasteiger charge is -2.12. The van der Waals surface area contributed by atoms with Crippen molar-refractivity contribution in [1.82, 2.24) is 0 Å². The van der Waals surface area contributed by atoms with Crippen molar-refractivity contribution < 1.29 is 0 Å². The molecule has 0 aliphatic carbocycles. The Hall–Kier alpha value is -0.260. The first kappa shape index (κ1) is 11.7. The highest BCUT2D eigenvalue weighted by atomic mass is 14.1. The molecule has 0 aliphatic heterocycles. The second-order valence-corrected chi connectivity index (χ2v) is 4.00. The van der Waals surface area contributed by atoms with Crippen LogP contribution in [0.25, 0.3) is 0 Å². The van der Waals surface area contributed by atoms with E-state index in [2.05, 4.69) is 39.8 Å². The normalized spacial score (nSPS) is 16.7. The first-order valence-electron chi connectivity index (χ1n) is 5.31. The van der Waals surface area contributed by atoms with Gasteiger partial charge in [0.1, 0.15) is 0 Å². The van der Waals surface area contributed by atoms with Crippen molar-refractivity contribution in [2.24, 2.45) is 11.8 Å². The molecule has 0 rings (SSSR count). The van der Waals surface area contributed by atoms with E-state index in [9.17, 15) is 0 Å². The van der Waals surface area contributed by atoms with Gasteiger partial charge in [0.25, 0.3) is 0 Å². The molecular weight excluding hydrogens is 144 g/mol. The third kappa shape index (κ3) is 6.45. The zero-order valence-electron chi connectivity index (χ0n) is 9.14. The zero-order chi connectivity index (χ0) is 9.40. The topological polar surface area (TPSA) is 0 Å². The SMILES string of the molecule is CC=CCC(C)CCC(C)CC. The van der Waals surface area contributed by atoms with E-state index >= 15 is 0 Å². The van der Waals surface area contributed by atoms with Gasteiger partial charge in [-0.2, -0.15) is 0 Å². The Morgan fingerprint density at radius 2 is 1.67 bits per heavy atom. The first-order chi connectivity index (χ1) is 5.70. The van der Waals surface area contributed by atoms with E-state index in [1.807, 2.05) is 0 Å². The third-order valence-electron chi connectivity index (χ3n) is 2.62. The van der Waals surface area contributed by atoms with Gasteiger partial charge >= 0.3 is 0 Å². The highest BCUT2D eigenvalue weighted by molar-refractivity contribution is 4.79. The van der Waals surface area contributed by atoms with Gasteiger partial charge in [-0.25, -0.2) is 0 Å². The van der Waals surface area contributed by atoms with E-state index in [1.165, 1.54) is 25.7 Å². The maximum atomic E-state index is 2.35. The molecule has 2 atom stereocenters. The maximum Gasteiger partial charge on any atom is -0.0325 e. The second kappa shape index (κ2) is 7.39. The van der Waals surface area contributed by atoms with E-state index in [-0.39, 0.29) is 0 Å². The highest BCUT2D eigenvalue weighted by Gasteiger charge is 2.03. The Labute approximate surface area is 78.1 Å². The predicted octanol–water partition coefficient (Wildman–Crippen LogP) is 4.42. The molecule has 0 heteroatoms. The third-order valence-corrected chi connectivity index (χ3v) is 2.62. The Morgan fingerprint density at radius 1 is 1.08 bits per heavy atom. The summed E-state index contributed by atoms with van der Waals surface area (Å²) in [4.78, 5) is 0. The van der Waals surface area contributed by atoms with Gasteiger partial charge < -0.3 is 0 Å². The smallest absolute Gasteiger partial charge is 0.0325 e. The standard InChI is InChI=1S/C12H24/c1-5-7-8-12(4)10-9-11(3)6-2/h5,7,11-12H,6,8-10H2,1-4H3. The molecule has 0 radical (unpaired) electrons. The molecule has 72 valence electrons. The number of allylic oxidation sites excluding steroid dienone is 2. The van der Waals surface area contributed by atoms with Crippen LogP contribution in [0.2, 0.25) is 0 Å². The summed E-state index contributed by atoms with van der Waals surface area (Å²) in [7, 11) is 0. The number of hydrogen-bond donors (Lipinski definition) is 0. The molecular formula is C12H24. The summed E-state index contributed by atoms with van der Waals surface area (Å²) in [6.07, 6.45) is 9.80. The van der Waals surface area contributed by atoms with E-state index in [4.69, 9.17) is 0 Å². The summed E-state index contributed by atoms with van der Waals surface area (Å²) in [6.45, 7) is 9.08. The summed E-state index contributed by atoms with van der Waals surface area (Å²) in [5.74, 6) is 1.79. The van der Waals surface area contributed by atoms with Gasteiger partial charge in [-0.15, -0.1) is 0 Å². The number of hydrogen-bond acceptors (Lipinski definition) is 0. The summed E-state index contributed by atoms with van der Waals surface area (Å²) >= 11 is 0. The molecule has 0 N–H and O–H groups in total. The van der Waals surface area contributed by atoms with Crippen molar-refractivity contribution in [1.29, 1.82) is 0 Å². The Kier molecular flexibility index (Phi) is 7.23. The molecule has 0 saturated heterocycles. The fourth-order valence-electron chi connectivity index (χ4n) is 1.26. The maximum absolute atomic E-state index is 2.35. The average molecular weight is 168 g/mol. The molecule has 0 aromatic heterocycles. The Balaban J connectivity index is 3.36. The monoisotopic (exact) mass is 168 g/mol. The lowest BCUT2D eigenvalue weighted by atomic mass is 9.94. The van der Waals surface area contributed by atoms with E-state index in [0.29, 0.717) is 0 Å². The van der Waals surface area contributed by atoms with Gasteiger partial charge in [-0.3, -0.25) is 0 Å². The fraction of sp³-hybridized carbons (Fsp3) is 0.833. The fourth-order valence-corrected chi connectivity index (χ4v) is 1.26. The lowest BCUT2D eigenvalue weighted by Crippen LogP contribution is -1.98. The van der Waals surface area contributed by atoms with Crippen LogP contribution in [0.4, 0.5) is 0 Å². The van der Waals surface area contributed by atoms with Crippen LogP contribution >= 0.6 is 0 Å². The molecule has 0 nitrogen and oxygen atoms in total. The van der Waals surface area contributed by atoms with Gasteiger partial charge in [0, 0.05) is 0 Å². The van der Waals surface area contributed by atoms with Crippen molar-refractivity contribution >= 4 is 0 Å². The summed E-state index contributed by atoms with van der Waals surface area (Å²) < 4.78 is 0. The van der Waals surface area contributed by atoms with Crippen molar-refractivity contribution in [3.8, 4) is 0 Å². The molecule has 2 unspecified atom stereocenters. The molecule has 0 bridgehead atoms. The second-order valence-electron chi connectivity index (χ2n) is 4.00. The Bertz CT molecular complexity index is 113. The van der Waals surface area contributed by atoms with Crippen molar-refractivity contribution in [2.75, 3.05) is 0 Å². The van der Waals surface area contributed by atoms with Gasteiger partial charge in [0.05, 0.1) is 0 Å². The summed E-state index contributed by atoms with van der Waals surface area (Å²) in [5.41, 5.74) is 0. The van der Waals surface area contributed by atoms with Gasteiger partial charge in [-0.05, 0) is 25.2 Å². The summed E-state index contributed by atoms with van der Waals surface area (Å²) in [6, 6.07) is 0. The molecule has 0 aromatic rings. The van der Waals surface area contributed by atoms with Crippen LogP contribution in [-0.2, 0) is 0 Å². The van der Waals surface area contributed by atoms with Crippen LogP contribution in [0.15, 0.2) is 12.2 Å². The Morgan fingerprint density at radius 3 is 2.17 bits per heavy atom. The molecule has 0 spiro atoms. The minimum absolute atomic E-state index is 0.871. The molecule has 0 amide bonds. The number of rotatable bonds is 6. The van der Waals surface area contributed by atoms with Gasteiger partial charge in [0.2, 0.25) is 0 Å². The van der Waals surface area contributed by atoms with Crippen LogP contribution in [0.3, 0.4) is 0 Å². The molecule has 0 aromatic carbocycles. The lowest BCUT2D eigenvalue weighted by molar-refractivity contribution is 0.425. The van der Waals surface area contributed by atoms with E-state index in [1.54, 1.807) is 0 Å². The average Bonchev–Trinajstić information content (AvgIpc) is 2.10.